The minimum atomic E-state index is -0.168. The monoisotopic (exact) mass is 336 g/mol. The van der Waals surface area contributed by atoms with E-state index in [4.69, 9.17) is 14.2 Å². The maximum atomic E-state index is 12.5. The second-order valence-corrected chi connectivity index (χ2v) is 6.19. The van der Waals surface area contributed by atoms with Crippen molar-refractivity contribution in [2.24, 2.45) is 5.92 Å². The zero-order valence-corrected chi connectivity index (χ0v) is 15.1. The van der Waals surface area contributed by atoms with Crippen LogP contribution < -0.4 is 19.5 Å². The van der Waals surface area contributed by atoms with Gasteiger partial charge in [-0.2, -0.15) is 0 Å². The van der Waals surface area contributed by atoms with Crippen LogP contribution in [0.2, 0.25) is 0 Å². The van der Waals surface area contributed by atoms with Crippen molar-refractivity contribution in [2.45, 2.75) is 19.8 Å². The van der Waals surface area contributed by atoms with Crippen LogP contribution in [0.5, 0.6) is 17.2 Å². The minimum absolute atomic E-state index is 0.168. The van der Waals surface area contributed by atoms with E-state index in [-0.39, 0.29) is 5.91 Å². The zero-order valence-electron chi connectivity index (χ0n) is 15.1. The molecule has 1 aliphatic heterocycles. The van der Waals surface area contributed by atoms with Crippen LogP contribution in [0.1, 0.15) is 30.1 Å². The molecule has 0 atom stereocenters. The summed E-state index contributed by atoms with van der Waals surface area (Å²) in [7, 11) is 4.63. The Morgan fingerprint density at radius 2 is 1.67 bits per heavy atom. The molecule has 1 amide bonds. The van der Waals surface area contributed by atoms with Crippen LogP contribution in [0.25, 0.3) is 0 Å². The van der Waals surface area contributed by atoms with Gasteiger partial charge in [0, 0.05) is 25.2 Å². The zero-order chi connectivity index (χ0) is 17.5. The van der Waals surface area contributed by atoms with E-state index in [1.54, 1.807) is 26.4 Å². The molecule has 134 valence electrons. The van der Waals surface area contributed by atoms with Crippen molar-refractivity contribution in [2.75, 3.05) is 47.5 Å². The lowest BCUT2D eigenvalue weighted by molar-refractivity contribution is 0.0941. The molecule has 24 heavy (non-hydrogen) atoms. The lowest BCUT2D eigenvalue weighted by atomic mass is 9.99. The fraction of sp³-hybridized carbons (Fsp3) is 0.611. The number of likely N-dealkylation sites (tertiary alicyclic amines) is 1. The number of rotatable bonds is 7. The lowest BCUT2D eigenvalue weighted by Gasteiger charge is -2.30. The highest BCUT2D eigenvalue weighted by Crippen LogP contribution is 2.34. The molecule has 0 unspecified atom stereocenters. The SMILES string of the molecule is COc1cc(OC)c(C(=O)NCCN2CCC(C)CC2)cc1OC. The highest BCUT2D eigenvalue weighted by Gasteiger charge is 2.19. The molecular formula is C18H28N2O4. The molecule has 1 aliphatic rings. The average Bonchev–Trinajstić information content (AvgIpc) is 2.61. The van der Waals surface area contributed by atoms with Crippen molar-refractivity contribution < 1.29 is 19.0 Å². The standard InChI is InChI=1S/C18H28N2O4/c1-13-5-8-20(9-6-13)10-7-19-18(21)14-11-16(23-3)17(24-4)12-15(14)22-2/h11-13H,5-10H2,1-4H3,(H,19,21). The number of hydrogen-bond donors (Lipinski definition) is 1. The van der Waals surface area contributed by atoms with E-state index in [0.29, 0.717) is 29.4 Å². The third kappa shape index (κ3) is 4.54. The Hall–Kier alpha value is -1.95. The minimum Gasteiger partial charge on any atom is -0.496 e. The maximum absolute atomic E-state index is 12.5. The van der Waals surface area contributed by atoms with E-state index < -0.39 is 0 Å². The van der Waals surface area contributed by atoms with Crippen molar-refractivity contribution in [1.82, 2.24) is 10.2 Å². The van der Waals surface area contributed by atoms with Gasteiger partial charge in [0.25, 0.3) is 5.91 Å². The van der Waals surface area contributed by atoms with Crippen LogP contribution in [0, 0.1) is 5.92 Å². The molecule has 1 aromatic rings. The molecule has 1 aromatic carbocycles. The molecule has 1 fully saturated rings. The Morgan fingerprint density at radius 3 is 2.25 bits per heavy atom. The predicted octanol–water partition coefficient (Wildman–Crippen LogP) is 2.17. The van der Waals surface area contributed by atoms with Crippen molar-refractivity contribution in [3.05, 3.63) is 17.7 Å². The highest BCUT2D eigenvalue weighted by molar-refractivity contribution is 5.97. The molecule has 1 N–H and O–H groups in total. The summed E-state index contributed by atoms with van der Waals surface area (Å²) in [5.74, 6) is 2.16. The molecule has 6 nitrogen and oxygen atoms in total. The first kappa shape index (κ1) is 18.4. The van der Waals surface area contributed by atoms with Crippen molar-refractivity contribution >= 4 is 5.91 Å². The van der Waals surface area contributed by atoms with Crippen LogP contribution in [0.15, 0.2) is 12.1 Å². The predicted molar refractivity (Wildman–Crippen MR) is 93.3 cm³/mol. The number of ether oxygens (including phenoxy) is 3. The van der Waals surface area contributed by atoms with E-state index in [1.165, 1.54) is 20.0 Å². The molecule has 1 heterocycles. The molecule has 6 heteroatoms. The average molecular weight is 336 g/mol. The summed E-state index contributed by atoms with van der Waals surface area (Å²) in [5.41, 5.74) is 0.447. The number of carbonyl (C=O) groups excluding carboxylic acids is 1. The van der Waals surface area contributed by atoms with Gasteiger partial charge in [0.1, 0.15) is 5.75 Å². The van der Waals surface area contributed by atoms with E-state index in [9.17, 15) is 4.79 Å². The largest absolute Gasteiger partial charge is 0.496 e. The molecule has 1 saturated heterocycles. The molecule has 0 radical (unpaired) electrons. The molecule has 0 bridgehead atoms. The van der Waals surface area contributed by atoms with E-state index in [1.807, 2.05) is 0 Å². The number of hydrogen-bond acceptors (Lipinski definition) is 5. The fourth-order valence-corrected chi connectivity index (χ4v) is 2.92. The number of methoxy groups -OCH3 is 3. The smallest absolute Gasteiger partial charge is 0.255 e. The maximum Gasteiger partial charge on any atom is 0.255 e. The van der Waals surface area contributed by atoms with Gasteiger partial charge in [-0.25, -0.2) is 0 Å². The third-order valence-electron chi connectivity index (χ3n) is 4.54. The summed E-state index contributed by atoms with van der Waals surface area (Å²) in [5, 5.41) is 2.96. The van der Waals surface area contributed by atoms with Gasteiger partial charge in [-0.15, -0.1) is 0 Å². The van der Waals surface area contributed by atoms with Crippen molar-refractivity contribution in [3.63, 3.8) is 0 Å². The first-order chi connectivity index (χ1) is 11.6. The first-order valence-electron chi connectivity index (χ1n) is 8.39. The van der Waals surface area contributed by atoms with Gasteiger partial charge in [0.05, 0.1) is 26.9 Å². The van der Waals surface area contributed by atoms with Crippen molar-refractivity contribution in [1.29, 1.82) is 0 Å². The number of benzene rings is 1. The lowest BCUT2D eigenvalue weighted by Crippen LogP contribution is -2.39. The van der Waals surface area contributed by atoms with E-state index in [2.05, 4.69) is 17.1 Å². The first-order valence-corrected chi connectivity index (χ1v) is 8.39. The van der Waals surface area contributed by atoms with Gasteiger partial charge in [-0.1, -0.05) is 6.92 Å². The molecule has 0 aliphatic carbocycles. The van der Waals surface area contributed by atoms with Crippen LogP contribution in [-0.4, -0.2) is 58.3 Å². The number of amides is 1. The van der Waals surface area contributed by atoms with Gasteiger partial charge in [0.2, 0.25) is 0 Å². The number of piperidine rings is 1. The summed E-state index contributed by atoms with van der Waals surface area (Å²) >= 11 is 0. The van der Waals surface area contributed by atoms with Crippen molar-refractivity contribution in [3.8, 4) is 17.2 Å². The Kier molecular flexibility index (Phi) is 6.73. The Bertz CT molecular complexity index is 554. The van der Waals surface area contributed by atoms with Gasteiger partial charge in [-0.3, -0.25) is 4.79 Å². The second kappa shape index (κ2) is 8.78. The summed E-state index contributed by atoms with van der Waals surface area (Å²) in [6.45, 7) is 5.99. The van der Waals surface area contributed by atoms with E-state index >= 15 is 0 Å². The third-order valence-corrected chi connectivity index (χ3v) is 4.54. The Balaban J connectivity index is 1.96. The van der Waals surface area contributed by atoms with Gasteiger partial charge in [-0.05, 0) is 31.8 Å². The molecule has 0 saturated carbocycles. The quantitative estimate of drug-likeness (QED) is 0.827. The topological polar surface area (TPSA) is 60.0 Å². The van der Waals surface area contributed by atoms with Crippen LogP contribution >= 0.6 is 0 Å². The highest BCUT2D eigenvalue weighted by atomic mass is 16.5. The Labute approximate surface area is 144 Å². The van der Waals surface area contributed by atoms with Crippen LogP contribution in [-0.2, 0) is 0 Å². The normalized spacial score (nSPS) is 15.8. The van der Waals surface area contributed by atoms with Crippen LogP contribution in [0.3, 0.4) is 0 Å². The van der Waals surface area contributed by atoms with Gasteiger partial charge < -0.3 is 24.4 Å². The summed E-state index contributed by atoms with van der Waals surface area (Å²) < 4.78 is 15.8. The molecular weight excluding hydrogens is 308 g/mol. The number of nitrogens with zero attached hydrogens (tertiary/aromatic N) is 1. The molecule has 0 aromatic heterocycles. The summed E-state index contributed by atoms with van der Waals surface area (Å²) in [6.07, 6.45) is 2.47. The number of carbonyl (C=O) groups is 1. The molecule has 2 rings (SSSR count). The Morgan fingerprint density at radius 1 is 1.08 bits per heavy atom. The second-order valence-electron chi connectivity index (χ2n) is 6.19. The molecule has 0 spiro atoms. The van der Waals surface area contributed by atoms with Gasteiger partial charge >= 0.3 is 0 Å². The fourth-order valence-electron chi connectivity index (χ4n) is 2.92. The number of nitrogens with one attached hydrogen (secondary N) is 1. The van der Waals surface area contributed by atoms with Gasteiger partial charge in [0.15, 0.2) is 11.5 Å². The van der Waals surface area contributed by atoms with Crippen LogP contribution in [0.4, 0.5) is 0 Å². The van der Waals surface area contributed by atoms with E-state index in [0.717, 1.165) is 25.6 Å². The summed E-state index contributed by atoms with van der Waals surface area (Å²) in [6, 6.07) is 3.31. The summed E-state index contributed by atoms with van der Waals surface area (Å²) in [4.78, 5) is 14.9.